The number of aromatic hydroxyl groups is 1. The summed E-state index contributed by atoms with van der Waals surface area (Å²) >= 11 is 0. The molecular formula is C17H19FN4O4. The van der Waals surface area contributed by atoms with Crippen LogP contribution < -0.4 is 10.6 Å². The minimum absolute atomic E-state index is 0.185. The number of nitrogens with one attached hydrogen (secondary N) is 2. The van der Waals surface area contributed by atoms with Crippen LogP contribution in [0.1, 0.15) is 23.8 Å². The number of aromatic nitrogens is 2. The van der Waals surface area contributed by atoms with Gasteiger partial charge in [0.15, 0.2) is 11.4 Å². The SMILES string of the molecule is CC(CO)C(=O)N[C@@H]1C[C@H]1NC(=O)c1nn(-c2cccc(F)c2)cc1O. The summed E-state index contributed by atoms with van der Waals surface area (Å²) in [6.07, 6.45) is 1.78. The van der Waals surface area contributed by atoms with Crippen LogP contribution in [-0.4, -0.2) is 50.5 Å². The lowest BCUT2D eigenvalue weighted by Crippen LogP contribution is -2.38. The summed E-state index contributed by atoms with van der Waals surface area (Å²) in [6, 6.07) is 5.10. The average molecular weight is 362 g/mol. The molecule has 3 atom stereocenters. The molecule has 1 aliphatic carbocycles. The maximum absolute atomic E-state index is 13.3. The summed E-state index contributed by atoms with van der Waals surface area (Å²) < 4.78 is 14.5. The molecule has 2 aromatic rings. The van der Waals surface area contributed by atoms with Crippen LogP contribution >= 0.6 is 0 Å². The van der Waals surface area contributed by atoms with Crippen molar-refractivity contribution in [2.24, 2.45) is 5.92 Å². The highest BCUT2D eigenvalue weighted by atomic mass is 19.1. The number of hydrogen-bond donors (Lipinski definition) is 4. The zero-order valence-corrected chi connectivity index (χ0v) is 14.0. The van der Waals surface area contributed by atoms with E-state index in [2.05, 4.69) is 15.7 Å². The molecule has 1 saturated carbocycles. The van der Waals surface area contributed by atoms with Gasteiger partial charge in [0.1, 0.15) is 5.82 Å². The molecule has 1 aromatic heterocycles. The normalized spacial score (nSPS) is 19.7. The number of nitrogens with zero attached hydrogens (tertiary/aromatic N) is 2. The lowest BCUT2D eigenvalue weighted by Gasteiger charge is -2.09. The van der Waals surface area contributed by atoms with Gasteiger partial charge in [0.25, 0.3) is 5.91 Å². The summed E-state index contributed by atoms with van der Waals surface area (Å²) in [5.74, 6) is -2.18. The van der Waals surface area contributed by atoms with Crippen LogP contribution in [0.2, 0.25) is 0 Å². The predicted molar refractivity (Wildman–Crippen MR) is 89.2 cm³/mol. The van der Waals surface area contributed by atoms with E-state index >= 15 is 0 Å². The third-order valence-corrected chi connectivity index (χ3v) is 4.14. The molecule has 0 aliphatic heterocycles. The Labute approximate surface area is 148 Å². The second-order valence-electron chi connectivity index (χ2n) is 6.30. The number of carbonyl (C=O) groups is 2. The molecule has 4 N–H and O–H groups in total. The number of halogens is 1. The van der Waals surface area contributed by atoms with E-state index in [9.17, 15) is 19.1 Å². The van der Waals surface area contributed by atoms with E-state index in [1.807, 2.05) is 0 Å². The van der Waals surface area contributed by atoms with Crippen LogP contribution in [0.5, 0.6) is 5.75 Å². The molecule has 1 fully saturated rings. The topological polar surface area (TPSA) is 116 Å². The van der Waals surface area contributed by atoms with Crippen LogP contribution in [0.25, 0.3) is 5.69 Å². The van der Waals surface area contributed by atoms with Crippen LogP contribution in [0, 0.1) is 11.7 Å². The number of carbonyl (C=O) groups excluding carboxylic acids is 2. The molecule has 1 heterocycles. The van der Waals surface area contributed by atoms with Gasteiger partial charge in [-0.15, -0.1) is 0 Å². The molecule has 138 valence electrons. The molecule has 1 unspecified atom stereocenters. The Morgan fingerprint density at radius 1 is 1.38 bits per heavy atom. The lowest BCUT2D eigenvalue weighted by atomic mass is 10.2. The van der Waals surface area contributed by atoms with Crippen LogP contribution in [-0.2, 0) is 4.79 Å². The lowest BCUT2D eigenvalue weighted by molar-refractivity contribution is -0.125. The van der Waals surface area contributed by atoms with E-state index in [1.54, 1.807) is 13.0 Å². The summed E-state index contributed by atoms with van der Waals surface area (Å²) in [5.41, 5.74) is 0.184. The molecule has 0 spiro atoms. The molecule has 8 nitrogen and oxygen atoms in total. The maximum Gasteiger partial charge on any atom is 0.275 e. The largest absolute Gasteiger partial charge is 0.504 e. The second kappa shape index (κ2) is 7.12. The Hall–Kier alpha value is -2.94. The third-order valence-electron chi connectivity index (χ3n) is 4.14. The highest BCUT2D eigenvalue weighted by Gasteiger charge is 2.40. The zero-order valence-electron chi connectivity index (χ0n) is 14.0. The Kier molecular flexibility index (Phi) is 4.90. The fraction of sp³-hybridized carbons (Fsp3) is 0.353. The van der Waals surface area contributed by atoms with Gasteiger partial charge in [-0.05, 0) is 24.6 Å². The van der Waals surface area contributed by atoms with Gasteiger partial charge in [0, 0.05) is 0 Å². The number of aliphatic hydroxyl groups excluding tert-OH is 1. The van der Waals surface area contributed by atoms with Crippen LogP contribution in [0.4, 0.5) is 4.39 Å². The maximum atomic E-state index is 13.3. The first kappa shape index (κ1) is 17.9. The molecule has 0 saturated heterocycles. The number of rotatable bonds is 6. The first-order valence-corrected chi connectivity index (χ1v) is 8.15. The molecule has 1 aromatic carbocycles. The highest BCUT2D eigenvalue weighted by Crippen LogP contribution is 2.24. The molecule has 3 rings (SSSR count). The summed E-state index contributed by atoms with van der Waals surface area (Å²) in [4.78, 5) is 24.0. The average Bonchev–Trinajstić information content (AvgIpc) is 3.20. The van der Waals surface area contributed by atoms with E-state index in [-0.39, 0.29) is 36.0 Å². The number of aliphatic hydroxyl groups is 1. The van der Waals surface area contributed by atoms with Gasteiger partial charge in [-0.3, -0.25) is 9.59 Å². The molecule has 0 radical (unpaired) electrons. The van der Waals surface area contributed by atoms with Crippen molar-refractivity contribution in [1.29, 1.82) is 0 Å². The first-order valence-electron chi connectivity index (χ1n) is 8.15. The van der Waals surface area contributed by atoms with Crippen molar-refractivity contribution in [3.05, 3.63) is 42.0 Å². The van der Waals surface area contributed by atoms with Crippen molar-refractivity contribution >= 4 is 11.8 Å². The molecular weight excluding hydrogens is 343 g/mol. The molecule has 9 heteroatoms. The van der Waals surface area contributed by atoms with E-state index in [0.717, 1.165) is 0 Å². The van der Waals surface area contributed by atoms with Crippen molar-refractivity contribution in [3.8, 4) is 11.4 Å². The van der Waals surface area contributed by atoms with E-state index in [0.29, 0.717) is 12.1 Å². The zero-order chi connectivity index (χ0) is 18.8. The summed E-state index contributed by atoms with van der Waals surface area (Å²) in [7, 11) is 0. The van der Waals surface area contributed by atoms with Crippen molar-refractivity contribution in [2.45, 2.75) is 25.4 Å². The van der Waals surface area contributed by atoms with Gasteiger partial charge in [-0.2, -0.15) is 5.10 Å². The van der Waals surface area contributed by atoms with Crippen LogP contribution in [0.3, 0.4) is 0 Å². The Balaban J connectivity index is 1.62. The Bertz CT molecular complexity index is 838. The number of benzene rings is 1. The van der Waals surface area contributed by atoms with Gasteiger partial charge in [0.2, 0.25) is 5.91 Å². The fourth-order valence-corrected chi connectivity index (χ4v) is 2.44. The van der Waals surface area contributed by atoms with Gasteiger partial charge in [-0.25, -0.2) is 9.07 Å². The number of amides is 2. The minimum atomic E-state index is -0.588. The molecule has 0 bridgehead atoms. The second-order valence-corrected chi connectivity index (χ2v) is 6.30. The van der Waals surface area contributed by atoms with E-state index < -0.39 is 17.6 Å². The minimum Gasteiger partial charge on any atom is -0.504 e. The van der Waals surface area contributed by atoms with E-state index in [1.165, 1.54) is 29.1 Å². The van der Waals surface area contributed by atoms with Crippen molar-refractivity contribution in [1.82, 2.24) is 20.4 Å². The van der Waals surface area contributed by atoms with E-state index in [4.69, 9.17) is 5.11 Å². The van der Waals surface area contributed by atoms with Gasteiger partial charge < -0.3 is 20.8 Å². The molecule has 26 heavy (non-hydrogen) atoms. The summed E-state index contributed by atoms with van der Waals surface area (Å²) in [6.45, 7) is 1.35. The van der Waals surface area contributed by atoms with Crippen LogP contribution in [0.15, 0.2) is 30.5 Å². The van der Waals surface area contributed by atoms with Gasteiger partial charge >= 0.3 is 0 Å². The standard InChI is InChI=1S/C17H19FN4O4/c1-9(8-23)16(25)19-12-6-13(12)20-17(26)15-14(24)7-22(21-15)11-4-2-3-10(18)5-11/h2-5,7,9,12-13,23-24H,6,8H2,1H3,(H,19,25)(H,20,26)/t9?,12-,13-/m1/s1. The van der Waals surface area contributed by atoms with Crippen molar-refractivity contribution in [3.63, 3.8) is 0 Å². The third kappa shape index (κ3) is 3.83. The monoisotopic (exact) mass is 362 g/mol. The van der Waals surface area contributed by atoms with Crippen molar-refractivity contribution < 1.29 is 24.2 Å². The molecule has 2 amide bonds. The summed E-state index contributed by atoms with van der Waals surface area (Å²) in [5, 5.41) is 28.3. The quantitative estimate of drug-likeness (QED) is 0.591. The highest BCUT2D eigenvalue weighted by molar-refractivity contribution is 5.95. The smallest absolute Gasteiger partial charge is 0.275 e. The number of hydrogen-bond acceptors (Lipinski definition) is 5. The van der Waals surface area contributed by atoms with Gasteiger partial charge in [-0.1, -0.05) is 13.0 Å². The first-order chi connectivity index (χ1) is 12.4. The van der Waals surface area contributed by atoms with Gasteiger partial charge in [0.05, 0.1) is 36.5 Å². The fourth-order valence-electron chi connectivity index (χ4n) is 2.44. The predicted octanol–water partition coefficient (Wildman–Crippen LogP) is 0.332. The van der Waals surface area contributed by atoms with Crippen molar-refractivity contribution in [2.75, 3.05) is 6.61 Å². The Morgan fingerprint density at radius 2 is 2.12 bits per heavy atom. The Morgan fingerprint density at radius 3 is 2.81 bits per heavy atom. The molecule has 1 aliphatic rings.